The summed E-state index contributed by atoms with van der Waals surface area (Å²) >= 11 is 0. The first-order valence-electron chi connectivity index (χ1n) is 11.0. The average Bonchev–Trinajstić information content (AvgIpc) is 3.47. The lowest BCUT2D eigenvalue weighted by molar-refractivity contribution is 0.0825. The summed E-state index contributed by atoms with van der Waals surface area (Å²) < 4.78 is 13.9. The van der Waals surface area contributed by atoms with E-state index in [0.717, 1.165) is 40.6 Å². The highest BCUT2D eigenvalue weighted by Gasteiger charge is 2.37. The Labute approximate surface area is 180 Å². The lowest BCUT2D eigenvalue weighted by Crippen LogP contribution is -2.46. The molecule has 1 aromatic carbocycles. The first-order chi connectivity index (χ1) is 15.2. The molecule has 3 saturated heterocycles. The topological polar surface area (TPSA) is 68.7 Å². The fourth-order valence-corrected chi connectivity index (χ4v) is 4.95. The molecule has 1 atom stereocenters. The Morgan fingerprint density at radius 3 is 2.77 bits per heavy atom. The Kier molecular flexibility index (Phi) is 4.49. The lowest BCUT2D eigenvalue weighted by atomic mass is 9.79. The molecule has 3 aliphatic rings. The van der Waals surface area contributed by atoms with Gasteiger partial charge in [-0.2, -0.15) is 4.98 Å². The number of imidazole rings is 1. The third-order valence-electron chi connectivity index (χ3n) is 6.65. The van der Waals surface area contributed by atoms with E-state index in [4.69, 9.17) is 19.2 Å². The number of pyridine rings is 1. The second kappa shape index (κ2) is 7.50. The van der Waals surface area contributed by atoms with Gasteiger partial charge in [0.05, 0.1) is 11.3 Å². The van der Waals surface area contributed by atoms with Crippen molar-refractivity contribution >= 4 is 5.65 Å². The van der Waals surface area contributed by atoms with Crippen molar-refractivity contribution < 1.29 is 9.26 Å². The van der Waals surface area contributed by atoms with E-state index in [1.54, 1.807) is 0 Å². The summed E-state index contributed by atoms with van der Waals surface area (Å²) in [5.41, 5.74) is 3.79. The SMILES string of the molecule is Cc1cccn2cc(COc3ccccc3-c3nc(C4CN5CCC4CC5)no3)nc12. The molecule has 1 unspecified atom stereocenters. The van der Waals surface area contributed by atoms with Crippen LogP contribution < -0.4 is 4.74 Å². The fourth-order valence-electron chi connectivity index (χ4n) is 4.95. The van der Waals surface area contributed by atoms with Crippen LogP contribution in [0.5, 0.6) is 5.75 Å². The van der Waals surface area contributed by atoms with Gasteiger partial charge in [0.15, 0.2) is 5.82 Å². The molecular weight excluding hydrogens is 390 g/mol. The van der Waals surface area contributed by atoms with Crippen molar-refractivity contribution in [1.82, 2.24) is 24.4 Å². The maximum Gasteiger partial charge on any atom is 0.261 e. The molecule has 31 heavy (non-hydrogen) atoms. The number of fused-ring (bicyclic) bond motifs is 4. The number of hydrogen-bond acceptors (Lipinski definition) is 6. The van der Waals surface area contributed by atoms with Gasteiger partial charge in [-0.25, -0.2) is 4.98 Å². The summed E-state index contributed by atoms with van der Waals surface area (Å²) in [6.45, 7) is 5.87. The number of aromatic nitrogens is 4. The molecule has 3 aromatic heterocycles. The molecule has 3 fully saturated rings. The van der Waals surface area contributed by atoms with Gasteiger partial charge in [0.1, 0.15) is 18.0 Å². The van der Waals surface area contributed by atoms with Crippen LogP contribution in [0.1, 0.15) is 35.8 Å². The maximum atomic E-state index is 6.14. The molecule has 0 N–H and O–H groups in total. The summed E-state index contributed by atoms with van der Waals surface area (Å²) in [6.07, 6.45) is 6.46. The number of ether oxygens (including phenoxy) is 1. The van der Waals surface area contributed by atoms with Gasteiger partial charge in [0, 0.05) is 24.9 Å². The highest BCUT2D eigenvalue weighted by Crippen LogP contribution is 2.39. The minimum Gasteiger partial charge on any atom is -0.486 e. The predicted octanol–water partition coefficient (Wildman–Crippen LogP) is 4.08. The molecule has 3 aliphatic heterocycles. The third-order valence-corrected chi connectivity index (χ3v) is 6.65. The monoisotopic (exact) mass is 415 g/mol. The molecule has 0 aliphatic carbocycles. The van der Waals surface area contributed by atoms with Crippen LogP contribution in [0.4, 0.5) is 0 Å². The summed E-state index contributed by atoms with van der Waals surface area (Å²) in [7, 11) is 0. The van der Waals surface area contributed by atoms with Gasteiger partial charge in [-0.05, 0) is 62.5 Å². The van der Waals surface area contributed by atoms with Crippen molar-refractivity contribution in [3.05, 3.63) is 65.9 Å². The van der Waals surface area contributed by atoms with Gasteiger partial charge >= 0.3 is 0 Å². The molecule has 158 valence electrons. The van der Waals surface area contributed by atoms with Crippen LogP contribution >= 0.6 is 0 Å². The number of piperidine rings is 3. The quantitative estimate of drug-likeness (QED) is 0.489. The second-order valence-corrected chi connectivity index (χ2v) is 8.64. The Balaban J connectivity index is 1.23. The van der Waals surface area contributed by atoms with Crippen molar-refractivity contribution in [2.45, 2.75) is 32.3 Å². The zero-order valence-electron chi connectivity index (χ0n) is 17.6. The Hall–Kier alpha value is -3.19. The van der Waals surface area contributed by atoms with E-state index >= 15 is 0 Å². The second-order valence-electron chi connectivity index (χ2n) is 8.64. The van der Waals surface area contributed by atoms with Crippen LogP contribution in [-0.4, -0.2) is 44.1 Å². The van der Waals surface area contributed by atoms with E-state index in [9.17, 15) is 0 Å². The van der Waals surface area contributed by atoms with Crippen LogP contribution in [0.2, 0.25) is 0 Å². The van der Waals surface area contributed by atoms with Gasteiger partial charge in [0.25, 0.3) is 5.89 Å². The Morgan fingerprint density at radius 1 is 1.10 bits per heavy atom. The normalized spacial score (nSPS) is 22.8. The van der Waals surface area contributed by atoms with E-state index in [2.05, 4.69) is 23.0 Å². The van der Waals surface area contributed by atoms with Gasteiger partial charge in [-0.1, -0.05) is 23.4 Å². The number of rotatable bonds is 5. The molecule has 7 heteroatoms. The molecule has 6 heterocycles. The number of hydrogen-bond donors (Lipinski definition) is 0. The van der Waals surface area contributed by atoms with Gasteiger partial charge in [0.2, 0.25) is 0 Å². The van der Waals surface area contributed by atoms with Crippen LogP contribution in [0.25, 0.3) is 17.1 Å². The maximum absolute atomic E-state index is 6.14. The van der Waals surface area contributed by atoms with E-state index in [-0.39, 0.29) is 0 Å². The van der Waals surface area contributed by atoms with E-state index in [1.807, 2.05) is 47.1 Å². The molecule has 7 nitrogen and oxygen atoms in total. The minimum absolute atomic E-state index is 0.370. The molecule has 0 amide bonds. The van der Waals surface area contributed by atoms with Crippen LogP contribution in [-0.2, 0) is 6.61 Å². The standard InChI is InChI=1S/C24H25N5O2/c1-16-5-4-10-29-13-18(25-23(16)29)15-30-21-7-3-2-6-19(21)24-26-22(27-31-24)20-14-28-11-8-17(20)9-12-28/h2-7,10,13,17,20H,8-9,11-12,14-15H2,1H3. The summed E-state index contributed by atoms with van der Waals surface area (Å²) in [6, 6.07) is 11.9. The zero-order chi connectivity index (χ0) is 20.8. The average molecular weight is 415 g/mol. The lowest BCUT2D eigenvalue weighted by Gasteiger charge is -2.43. The first kappa shape index (κ1) is 18.6. The zero-order valence-corrected chi connectivity index (χ0v) is 17.6. The summed E-state index contributed by atoms with van der Waals surface area (Å²) in [4.78, 5) is 12.0. The summed E-state index contributed by atoms with van der Waals surface area (Å²) in [5, 5.41) is 4.35. The number of benzene rings is 1. The minimum atomic E-state index is 0.370. The van der Waals surface area contributed by atoms with Crippen molar-refractivity contribution in [2.75, 3.05) is 19.6 Å². The number of nitrogens with zero attached hydrogens (tertiary/aromatic N) is 5. The van der Waals surface area contributed by atoms with Crippen molar-refractivity contribution in [3.8, 4) is 17.2 Å². The molecule has 0 saturated carbocycles. The Morgan fingerprint density at radius 2 is 1.97 bits per heavy atom. The van der Waals surface area contributed by atoms with Crippen LogP contribution in [0.15, 0.2) is 53.3 Å². The number of para-hydroxylation sites is 1. The van der Waals surface area contributed by atoms with Gasteiger partial charge in [-0.15, -0.1) is 0 Å². The molecule has 0 radical (unpaired) electrons. The number of aryl methyl sites for hydroxylation is 1. The van der Waals surface area contributed by atoms with Crippen molar-refractivity contribution in [2.24, 2.45) is 5.92 Å². The highest BCUT2D eigenvalue weighted by molar-refractivity contribution is 5.62. The molecule has 4 aromatic rings. The summed E-state index contributed by atoms with van der Waals surface area (Å²) in [5.74, 6) is 3.11. The Bertz CT molecular complexity index is 1220. The fraction of sp³-hybridized carbons (Fsp3) is 0.375. The smallest absolute Gasteiger partial charge is 0.261 e. The molecule has 2 bridgehead atoms. The molecular formula is C24H25N5O2. The van der Waals surface area contributed by atoms with Crippen LogP contribution in [0.3, 0.4) is 0 Å². The third kappa shape index (κ3) is 3.39. The van der Waals surface area contributed by atoms with Gasteiger partial charge in [-0.3, -0.25) is 0 Å². The largest absolute Gasteiger partial charge is 0.486 e. The van der Waals surface area contributed by atoms with E-state index < -0.39 is 0 Å². The first-order valence-corrected chi connectivity index (χ1v) is 11.0. The van der Waals surface area contributed by atoms with Gasteiger partial charge < -0.3 is 18.6 Å². The highest BCUT2D eigenvalue weighted by atomic mass is 16.5. The van der Waals surface area contributed by atoms with Crippen molar-refractivity contribution in [3.63, 3.8) is 0 Å². The molecule has 7 rings (SSSR count). The van der Waals surface area contributed by atoms with Crippen molar-refractivity contribution in [1.29, 1.82) is 0 Å². The molecule has 0 spiro atoms. The van der Waals surface area contributed by atoms with E-state index in [0.29, 0.717) is 24.3 Å². The van der Waals surface area contributed by atoms with E-state index in [1.165, 1.54) is 25.9 Å². The predicted molar refractivity (Wildman–Crippen MR) is 116 cm³/mol. The van der Waals surface area contributed by atoms with Crippen LogP contribution in [0, 0.1) is 12.8 Å².